The Bertz CT molecular complexity index is 70.6. The minimum absolute atomic E-state index is 0. The molecule has 0 saturated carbocycles. The van der Waals surface area contributed by atoms with Crippen LogP contribution in [0.5, 0.6) is 0 Å². The standard InChI is InChI=1S/C5H12S3.BrH/c1-7-3-6-4-8(2)5-7;/h3-5H2,1-2H3;1H/q+2;/p-1. The van der Waals surface area contributed by atoms with Crippen molar-refractivity contribution in [3.05, 3.63) is 0 Å². The van der Waals surface area contributed by atoms with Gasteiger partial charge in [0.1, 0.15) is 12.5 Å². The van der Waals surface area contributed by atoms with Crippen LogP contribution in [0.15, 0.2) is 0 Å². The van der Waals surface area contributed by atoms with Crippen molar-refractivity contribution >= 4 is 33.6 Å². The van der Waals surface area contributed by atoms with Gasteiger partial charge in [-0.2, -0.15) is 0 Å². The summed E-state index contributed by atoms with van der Waals surface area (Å²) in [4.78, 5) is 0. The van der Waals surface area contributed by atoms with E-state index in [9.17, 15) is 0 Å². The van der Waals surface area contributed by atoms with Crippen LogP contribution in [0.4, 0.5) is 0 Å². The summed E-state index contributed by atoms with van der Waals surface area (Å²) >= 11 is 2.14. The van der Waals surface area contributed by atoms with Crippen molar-refractivity contribution in [2.75, 3.05) is 27.8 Å². The fourth-order valence-corrected chi connectivity index (χ4v) is 8.41. The molecule has 0 aliphatic carbocycles. The van der Waals surface area contributed by atoms with E-state index in [-0.39, 0.29) is 17.0 Å². The molecule has 0 N–H and O–H groups in total. The van der Waals surface area contributed by atoms with Gasteiger partial charge in [0.25, 0.3) is 5.08 Å². The van der Waals surface area contributed by atoms with Crippen molar-refractivity contribution in [1.82, 2.24) is 0 Å². The minimum Gasteiger partial charge on any atom is -1.00 e. The Morgan fingerprint density at radius 1 is 1.11 bits per heavy atom. The molecule has 0 aromatic heterocycles. The maximum atomic E-state index is 2.38. The van der Waals surface area contributed by atoms with Gasteiger partial charge in [-0.1, -0.05) is 11.8 Å². The highest BCUT2D eigenvalue weighted by molar-refractivity contribution is 8.29. The third-order valence-corrected chi connectivity index (χ3v) is 8.74. The molecule has 0 nitrogen and oxygen atoms in total. The summed E-state index contributed by atoms with van der Waals surface area (Å²) in [5.41, 5.74) is 0. The number of halogens is 1. The Labute approximate surface area is 78.0 Å². The van der Waals surface area contributed by atoms with Crippen molar-refractivity contribution in [1.29, 1.82) is 0 Å². The highest BCUT2D eigenvalue weighted by Crippen LogP contribution is 2.19. The molecule has 2 atom stereocenters. The predicted octanol–water partition coefficient (Wildman–Crippen LogP) is -1.89. The van der Waals surface area contributed by atoms with Gasteiger partial charge in [0.2, 0.25) is 0 Å². The van der Waals surface area contributed by atoms with E-state index < -0.39 is 0 Å². The van der Waals surface area contributed by atoms with E-state index in [1.54, 1.807) is 0 Å². The van der Waals surface area contributed by atoms with Crippen molar-refractivity contribution in [3.63, 3.8) is 0 Å². The van der Waals surface area contributed by atoms with Gasteiger partial charge in [0, 0.05) is 21.8 Å². The lowest BCUT2D eigenvalue weighted by Crippen LogP contribution is -3.00. The first kappa shape index (κ1) is 10.5. The molecular weight excluding hydrogens is 236 g/mol. The van der Waals surface area contributed by atoms with Gasteiger partial charge in [-0.25, -0.2) is 0 Å². The lowest BCUT2D eigenvalue weighted by molar-refractivity contribution is -0.00000183. The quantitative estimate of drug-likeness (QED) is 0.452. The molecule has 1 aliphatic rings. The van der Waals surface area contributed by atoms with Crippen LogP contribution in [0.1, 0.15) is 0 Å². The van der Waals surface area contributed by atoms with Crippen LogP contribution >= 0.6 is 11.8 Å². The molecule has 0 spiro atoms. The Hall–Kier alpha value is 1.53. The van der Waals surface area contributed by atoms with Gasteiger partial charge in [-0.3, -0.25) is 0 Å². The second-order valence-corrected chi connectivity index (χ2v) is 8.48. The third-order valence-electron chi connectivity index (χ3n) is 0.971. The van der Waals surface area contributed by atoms with Crippen LogP contribution in [0.25, 0.3) is 0 Å². The van der Waals surface area contributed by atoms with Crippen LogP contribution in [-0.2, 0) is 21.8 Å². The number of hydrogen-bond acceptors (Lipinski definition) is 1. The van der Waals surface area contributed by atoms with Crippen molar-refractivity contribution in [2.24, 2.45) is 0 Å². The predicted molar refractivity (Wildman–Crippen MR) is 48.8 cm³/mol. The van der Waals surface area contributed by atoms with Crippen molar-refractivity contribution in [2.45, 2.75) is 0 Å². The Kier molecular flexibility index (Phi) is 6.10. The minimum atomic E-state index is 0. The van der Waals surface area contributed by atoms with Crippen LogP contribution < -0.4 is 17.0 Å². The molecule has 1 rings (SSSR count). The topological polar surface area (TPSA) is 0 Å². The molecule has 1 fully saturated rings. The lowest BCUT2D eigenvalue weighted by Gasteiger charge is -2.07. The smallest absolute Gasteiger partial charge is 0.258 e. The first-order valence-electron chi connectivity index (χ1n) is 2.55. The van der Waals surface area contributed by atoms with Crippen molar-refractivity contribution in [3.8, 4) is 0 Å². The molecule has 2 unspecified atom stereocenters. The average Bonchev–Trinajstić information content (AvgIpc) is 1.64. The molecule has 0 aromatic rings. The summed E-state index contributed by atoms with van der Waals surface area (Å²) < 4.78 is 0. The molecule has 0 amide bonds. The van der Waals surface area contributed by atoms with Gasteiger partial charge >= 0.3 is 0 Å². The van der Waals surface area contributed by atoms with Gasteiger partial charge in [0.15, 0.2) is 10.2 Å². The van der Waals surface area contributed by atoms with E-state index in [0.717, 1.165) is 21.8 Å². The van der Waals surface area contributed by atoms with E-state index in [2.05, 4.69) is 24.3 Å². The summed E-state index contributed by atoms with van der Waals surface area (Å²) in [6, 6.07) is 0. The second kappa shape index (κ2) is 5.22. The SMILES string of the molecule is C[S+]1CSC[S+](C)C1.[Br-]. The zero-order valence-corrected chi connectivity index (χ0v) is 9.76. The number of rotatable bonds is 0. The monoisotopic (exact) mass is 247 g/mol. The number of hydrogen-bond donors (Lipinski definition) is 0. The number of thioether (sulfide) groups is 1. The summed E-state index contributed by atoms with van der Waals surface area (Å²) in [7, 11) is 1.51. The van der Waals surface area contributed by atoms with Gasteiger partial charge in [-0.15, -0.1) is 0 Å². The Morgan fingerprint density at radius 3 is 1.78 bits per heavy atom. The molecule has 1 heterocycles. The van der Waals surface area contributed by atoms with Crippen molar-refractivity contribution < 1.29 is 17.0 Å². The van der Waals surface area contributed by atoms with Gasteiger partial charge in [-0.05, 0) is 0 Å². The van der Waals surface area contributed by atoms with Crippen LogP contribution in [0.3, 0.4) is 0 Å². The summed E-state index contributed by atoms with van der Waals surface area (Å²) in [6.45, 7) is 0. The van der Waals surface area contributed by atoms with Crippen LogP contribution in [0, 0.1) is 0 Å². The zero-order valence-electron chi connectivity index (χ0n) is 5.72. The van der Waals surface area contributed by atoms with E-state index in [1.807, 2.05) is 0 Å². The lowest BCUT2D eigenvalue weighted by atomic mass is 11.8. The molecular formula is C5H12BrS3+. The fourth-order valence-electron chi connectivity index (χ4n) is 0.730. The molecule has 56 valence electrons. The van der Waals surface area contributed by atoms with Gasteiger partial charge < -0.3 is 17.0 Å². The van der Waals surface area contributed by atoms with Gasteiger partial charge in [0.05, 0.1) is 0 Å². The van der Waals surface area contributed by atoms with E-state index in [1.165, 1.54) is 15.3 Å². The maximum Gasteiger partial charge on any atom is 0.258 e. The second-order valence-electron chi connectivity index (χ2n) is 2.12. The fraction of sp³-hybridized carbons (Fsp3) is 1.00. The molecule has 0 aromatic carbocycles. The van der Waals surface area contributed by atoms with Crippen LogP contribution in [0.2, 0.25) is 0 Å². The molecule has 4 heteroatoms. The molecule has 1 aliphatic heterocycles. The third kappa shape index (κ3) is 4.06. The van der Waals surface area contributed by atoms with E-state index >= 15 is 0 Å². The Morgan fingerprint density at radius 2 is 1.56 bits per heavy atom. The average molecular weight is 248 g/mol. The largest absolute Gasteiger partial charge is 1.00 e. The summed E-state index contributed by atoms with van der Waals surface area (Å²) in [6.07, 6.45) is 4.77. The van der Waals surface area contributed by atoms with E-state index in [0.29, 0.717) is 0 Å². The Balaban J connectivity index is 0.000000640. The highest BCUT2D eigenvalue weighted by Gasteiger charge is 2.29. The summed E-state index contributed by atoms with van der Waals surface area (Å²) in [5.74, 6) is 0. The molecule has 1 saturated heterocycles. The normalized spacial score (nSPS) is 35.3. The molecule has 9 heavy (non-hydrogen) atoms. The zero-order chi connectivity index (χ0) is 5.98. The molecule has 0 radical (unpaired) electrons. The van der Waals surface area contributed by atoms with E-state index in [4.69, 9.17) is 0 Å². The highest BCUT2D eigenvalue weighted by atomic mass is 79.9. The summed E-state index contributed by atoms with van der Waals surface area (Å²) in [5, 5.41) is 4.36. The maximum absolute atomic E-state index is 2.38. The molecule has 0 bridgehead atoms. The first-order valence-corrected chi connectivity index (χ1v) is 7.65. The first-order chi connectivity index (χ1) is 3.79. The van der Waals surface area contributed by atoms with Crippen LogP contribution in [-0.4, -0.2) is 27.8 Å².